The zero-order valence-electron chi connectivity index (χ0n) is 19.8. The number of ether oxygens (including phenoxy) is 1. The van der Waals surface area contributed by atoms with Crippen LogP contribution >= 0.6 is 0 Å². The number of carbonyl (C=O) groups is 1. The second kappa shape index (κ2) is 9.53. The molecule has 4 rings (SSSR count). The molecule has 2 fully saturated rings. The van der Waals surface area contributed by atoms with Crippen LogP contribution in [0.15, 0.2) is 18.2 Å². The highest BCUT2D eigenvalue weighted by molar-refractivity contribution is 7.92. The SMILES string of the molecule is CC(O)C1(C(=O)N2Cc3cc(C(F)(F)F)ccc3N(S(C)(=O)=O)C2)CCC(NC2CCOCC2)C1. The first-order valence-electron chi connectivity index (χ1n) is 11.8. The summed E-state index contributed by atoms with van der Waals surface area (Å²) in [6.45, 7) is 2.39. The number of benzene rings is 1. The van der Waals surface area contributed by atoms with Crippen molar-refractivity contribution in [2.75, 3.05) is 30.4 Å². The number of aliphatic hydroxyl groups excluding tert-OH is 1. The molecule has 3 aliphatic rings. The summed E-state index contributed by atoms with van der Waals surface area (Å²) in [6, 6.07) is 3.13. The second-order valence-electron chi connectivity index (χ2n) is 9.92. The molecule has 1 amide bonds. The molecule has 35 heavy (non-hydrogen) atoms. The van der Waals surface area contributed by atoms with Gasteiger partial charge < -0.3 is 20.1 Å². The lowest BCUT2D eigenvalue weighted by molar-refractivity contribution is -0.149. The average molecular weight is 520 g/mol. The number of anilines is 1. The molecule has 196 valence electrons. The normalized spacial score (nSPS) is 27.1. The lowest BCUT2D eigenvalue weighted by atomic mass is 9.79. The van der Waals surface area contributed by atoms with E-state index in [-0.39, 0.29) is 36.5 Å². The highest BCUT2D eigenvalue weighted by Crippen LogP contribution is 2.45. The van der Waals surface area contributed by atoms with Crippen LogP contribution in [0.25, 0.3) is 0 Å². The number of fused-ring (bicyclic) bond motifs is 1. The predicted octanol–water partition coefficient (Wildman–Crippen LogP) is 2.46. The van der Waals surface area contributed by atoms with E-state index in [9.17, 15) is 31.5 Å². The number of hydrogen-bond acceptors (Lipinski definition) is 6. The zero-order valence-corrected chi connectivity index (χ0v) is 20.7. The van der Waals surface area contributed by atoms with Gasteiger partial charge in [-0.15, -0.1) is 0 Å². The van der Waals surface area contributed by atoms with E-state index in [2.05, 4.69) is 5.32 Å². The predicted molar refractivity (Wildman–Crippen MR) is 123 cm³/mol. The van der Waals surface area contributed by atoms with Gasteiger partial charge in [0, 0.05) is 31.8 Å². The lowest BCUT2D eigenvalue weighted by Gasteiger charge is -2.42. The molecule has 1 saturated carbocycles. The highest BCUT2D eigenvalue weighted by Gasteiger charge is 2.52. The fourth-order valence-electron chi connectivity index (χ4n) is 5.52. The van der Waals surface area contributed by atoms with Gasteiger partial charge in [0.05, 0.1) is 29.0 Å². The Kier molecular flexibility index (Phi) is 7.13. The van der Waals surface area contributed by atoms with E-state index in [1.807, 2.05) is 0 Å². The monoisotopic (exact) mass is 519 g/mol. The second-order valence-corrected chi connectivity index (χ2v) is 11.8. The number of sulfonamides is 1. The van der Waals surface area contributed by atoms with Crippen LogP contribution in [0.4, 0.5) is 18.9 Å². The first-order valence-corrected chi connectivity index (χ1v) is 13.7. The number of alkyl halides is 3. The van der Waals surface area contributed by atoms with Crippen molar-refractivity contribution in [3.05, 3.63) is 29.3 Å². The van der Waals surface area contributed by atoms with Gasteiger partial charge >= 0.3 is 6.18 Å². The van der Waals surface area contributed by atoms with Crippen molar-refractivity contribution in [1.82, 2.24) is 10.2 Å². The molecular formula is C23H32F3N3O5S. The van der Waals surface area contributed by atoms with Crippen LogP contribution in [0.1, 0.15) is 50.2 Å². The van der Waals surface area contributed by atoms with Crippen LogP contribution in [0.3, 0.4) is 0 Å². The number of nitrogens with zero attached hydrogens (tertiary/aromatic N) is 2. The van der Waals surface area contributed by atoms with Gasteiger partial charge in [0.1, 0.15) is 6.67 Å². The molecule has 0 spiro atoms. The number of carbonyl (C=O) groups excluding carboxylic acids is 1. The Hall–Kier alpha value is -1.89. The molecule has 2 N–H and O–H groups in total. The van der Waals surface area contributed by atoms with Gasteiger partial charge in [0.2, 0.25) is 15.9 Å². The summed E-state index contributed by atoms with van der Waals surface area (Å²) in [5, 5.41) is 14.3. The first kappa shape index (κ1) is 26.2. The third kappa shape index (κ3) is 5.30. The molecule has 1 aromatic carbocycles. The van der Waals surface area contributed by atoms with Crippen LogP contribution in [-0.4, -0.2) is 68.7 Å². The lowest BCUT2D eigenvalue weighted by Crippen LogP contribution is -2.54. The first-order chi connectivity index (χ1) is 16.3. The minimum Gasteiger partial charge on any atom is -0.392 e. The van der Waals surface area contributed by atoms with Crippen LogP contribution in [0.2, 0.25) is 0 Å². The summed E-state index contributed by atoms with van der Waals surface area (Å²) in [7, 11) is -3.88. The average Bonchev–Trinajstić information content (AvgIpc) is 3.22. The molecule has 0 bridgehead atoms. The van der Waals surface area contributed by atoms with Crippen molar-refractivity contribution < 1.29 is 36.2 Å². The molecule has 2 aliphatic heterocycles. The largest absolute Gasteiger partial charge is 0.416 e. The van der Waals surface area contributed by atoms with E-state index in [0.29, 0.717) is 32.5 Å². The van der Waals surface area contributed by atoms with E-state index in [0.717, 1.165) is 41.6 Å². The quantitative estimate of drug-likeness (QED) is 0.620. The Bertz CT molecular complexity index is 1060. The Morgan fingerprint density at radius 3 is 2.51 bits per heavy atom. The smallest absolute Gasteiger partial charge is 0.392 e. The molecular weight excluding hydrogens is 487 g/mol. The minimum atomic E-state index is -4.60. The molecule has 12 heteroatoms. The number of nitrogens with one attached hydrogen (secondary N) is 1. The van der Waals surface area contributed by atoms with Gasteiger partial charge in [0.25, 0.3) is 0 Å². The van der Waals surface area contributed by atoms with Crippen LogP contribution in [0.5, 0.6) is 0 Å². The molecule has 0 radical (unpaired) electrons. The van der Waals surface area contributed by atoms with Crippen LogP contribution in [0, 0.1) is 5.41 Å². The Morgan fingerprint density at radius 1 is 1.23 bits per heavy atom. The fraction of sp³-hybridized carbons (Fsp3) is 0.696. The van der Waals surface area contributed by atoms with E-state index in [4.69, 9.17) is 4.74 Å². The maximum Gasteiger partial charge on any atom is 0.416 e. The minimum absolute atomic E-state index is 0.00318. The molecule has 2 heterocycles. The molecule has 1 aromatic rings. The summed E-state index contributed by atoms with van der Waals surface area (Å²) in [4.78, 5) is 15.1. The molecule has 1 saturated heterocycles. The Morgan fingerprint density at radius 2 is 1.91 bits per heavy atom. The summed E-state index contributed by atoms with van der Waals surface area (Å²) in [5.74, 6) is -0.444. The number of rotatable bonds is 5. The molecule has 3 unspecified atom stereocenters. The molecule has 8 nitrogen and oxygen atoms in total. The van der Waals surface area contributed by atoms with Gasteiger partial charge in [0.15, 0.2) is 0 Å². The van der Waals surface area contributed by atoms with Crippen molar-refractivity contribution in [3.63, 3.8) is 0 Å². The van der Waals surface area contributed by atoms with Crippen molar-refractivity contribution in [1.29, 1.82) is 0 Å². The Balaban J connectivity index is 1.61. The highest BCUT2D eigenvalue weighted by atomic mass is 32.2. The van der Waals surface area contributed by atoms with E-state index in [1.54, 1.807) is 6.92 Å². The van der Waals surface area contributed by atoms with Gasteiger partial charge in [-0.25, -0.2) is 8.42 Å². The summed E-state index contributed by atoms with van der Waals surface area (Å²) >= 11 is 0. The fourth-order valence-corrected chi connectivity index (χ4v) is 6.41. The maximum atomic E-state index is 13.8. The van der Waals surface area contributed by atoms with Crippen LogP contribution < -0.4 is 9.62 Å². The number of halogens is 3. The van der Waals surface area contributed by atoms with E-state index in [1.165, 1.54) is 4.90 Å². The van der Waals surface area contributed by atoms with Crippen LogP contribution in [-0.2, 0) is 32.3 Å². The topological polar surface area (TPSA) is 99.2 Å². The molecule has 1 aliphatic carbocycles. The number of aliphatic hydroxyl groups is 1. The van der Waals surface area contributed by atoms with Crippen molar-refractivity contribution in [2.45, 2.75) is 69.9 Å². The zero-order chi connectivity index (χ0) is 25.6. The third-order valence-corrected chi connectivity index (χ3v) is 8.60. The summed E-state index contributed by atoms with van der Waals surface area (Å²) < 4.78 is 71.3. The molecule has 3 atom stereocenters. The summed E-state index contributed by atoms with van der Waals surface area (Å²) in [5.41, 5.74) is -1.84. The standard InChI is InChI=1S/C23H32F3N3O5S/c1-15(30)22(8-5-19(12-22)27-18-6-9-34-10-7-18)21(31)28-13-16-11-17(23(24,25)26)3-4-20(16)29(14-28)35(2,32)33/h3-4,11,15,18-19,27,30H,5-10,12-14H2,1-2H3. The van der Waals surface area contributed by atoms with E-state index >= 15 is 0 Å². The number of amides is 1. The third-order valence-electron chi connectivity index (χ3n) is 7.49. The van der Waals surface area contributed by atoms with Gasteiger partial charge in [-0.2, -0.15) is 13.2 Å². The number of hydrogen-bond donors (Lipinski definition) is 2. The maximum absolute atomic E-state index is 13.8. The Labute approximate surface area is 203 Å². The molecule has 0 aromatic heterocycles. The van der Waals surface area contributed by atoms with Crippen molar-refractivity contribution in [3.8, 4) is 0 Å². The van der Waals surface area contributed by atoms with Gasteiger partial charge in [-0.1, -0.05) is 0 Å². The van der Waals surface area contributed by atoms with Gasteiger partial charge in [-0.05, 0) is 62.8 Å². The summed E-state index contributed by atoms with van der Waals surface area (Å²) in [6.07, 6.45) is -1.51. The van der Waals surface area contributed by atoms with Crippen molar-refractivity contribution >= 4 is 21.6 Å². The van der Waals surface area contributed by atoms with E-state index < -0.39 is 39.2 Å². The van der Waals surface area contributed by atoms with Gasteiger partial charge in [-0.3, -0.25) is 9.10 Å². The van der Waals surface area contributed by atoms with Crippen molar-refractivity contribution in [2.24, 2.45) is 5.41 Å².